The SMILES string of the molecule is CCCCCCCC(CCCCCCC)COC(=O)[C@@H](N)Cc1ccccc1. The molecule has 0 amide bonds. The average Bonchev–Trinajstić information content (AvgIpc) is 2.71. The Hall–Kier alpha value is -1.35. The van der Waals surface area contributed by atoms with Gasteiger partial charge in [-0.1, -0.05) is 108 Å². The predicted octanol–water partition coefficient (Wildman–Crippen LogP) is 6.44. The maximum atomic E-state index is 12.3. The van der Waals surface area contributed by atoms with E-state index in [0.29, 0.717) is 18.9 Å². The van der Waals surface area contributed by atoms with Crippen molar-refractivity contribution in [3.8, 4) is 0 Å². The number of unbranched alkanes of at least 4 members (excludes halogenated alkanes) is 8. The Bertz CT molecular complexity index is 475. The van der Waals surface area contributed by atoms with Crippen molar-refractivity contribution in [2.45, 2.75) is 103 Å². The predicted molar refractivity (Wildman–Crippen MR) is 119 cm³/mol. The molecule has 2 N–H and O–H groups in total. The second-order valence-corrected chi connectivity index (χ2v) is 8.20. The molecule has 0 aromatic heterocycles. The monoisotopic (exact) mass is 389 g/mol. The molecule has 0 aliphatic rings. The van der Waals surface area contributed by atoms with E-state index in [4.69, 9.17) is 10.5 Å². The lowest BCUT2D eigenvalue weighted by Crippen LogP contribution is -2.35. The third-order valence-electron chi connectivity index (χ3n) is 5.49. The minimum absolute atomic E-state index is 0.259. The first-order chi connectivity index (χ1) is 13.7. The van der Waals surface area contributed by atoms with Gasteiger partial charge in [0, 0.05) is 0 Å². The first kappa shape index (κ1) is 24.7. The minimum atomic E-state index is -0.572. The fraction of sp³-hybridized carbons (Fsp3) is 0.720. The van der Waals surface area contributed by atoms with Crippen molar-refractivity contribution in [3.63, 3.8) is 0 Å². The number of hydrogen-bond donors (Lipinski definition) is 1. The number of carbonyl (C=O) groups excluding carboxylic acids is 1. The second-order valence-electron chi connectivity index (χ2n) is 8.20. The molecule has 0 fully saturated rings. The fourth-order valence-electron chi connectivity index (χ4n) is 3.64. The van der Waals surface area contributed by atoms with Gasteiger partial charge in [0.15, 0.2) is 0 Å². The van der Waals surface area contributed by atoms with Gasteiger partial charge in [-0.3, -0.25) is 4.79 Å². The summed E-state index contributed by atoms with van der Waals surface area (Å²) in [7, 11) is 0. The highest BCUT2D eigenvalue weighted by atomic mass is 16.5. The van der Waals surface area contributed by atoms with E-state index < -0.39 is 6.04 Å². The van der Waals surface area contributed by atoms with E-state index in [9.17, 15) is 4.79 Å². The molecule has 0 heterocycles. The zero-order chi connectivity index (χ0) is 20.5. The first-order valence-electron chi connectivity index (χ1n) is 11.6. The van der Waals surface area contributed by atoms with E-state index in [-0.39, 0.29) is 5.97 Å². The first-order valence-corrected chi connectivity index (χ1v) is 11.6. The smallest absolute Gasteiger partial charge is 0.323 e. The molecular formula is C25H43NO2. The molecule has 1 atom stereocenters. The second kappa shape index (κ2) is 16.6. The summed E-state index contributed by atoms with van der Waals surface area (Å²) in [6.07, 6.45) is 15.8. The molecule has 0 radical (unpaired) electrons. The van der Waals surface area contributed by atoms with Gasteiger partial charge in [-0.05, 0) is 30.7 Å². The van der Waals surface area contributed by atoms with Crippen LogP contribution in [0.4, 0.5) is 0 Å². The average molecular weight is 390 g/mol. The van der Waals surface area contributed by atoms with Crippen molar-refractivity contribution in [1.29, 1.82) is 0 Å². The van der Waals surface area contributed by atoms with E-state index >= 15 is 0 Å². The zero-order valence-corrected chi connectivity index (χ0v) is 18.3. The summed E-state index contributed by atoms with van der Waals surface area (Å²) in [6, 6.07) is 9.35. The molecular weight excluding hydrogens is 346 g/mol. The van der Waals surface area contributed by atoms with Crippen molar-refractivity contribution in [2.24, 2.45) is 11.7 Å². The van der Waals surface area contributed by atoms with Crippen LogP contribution in [-0.2, 0) is 16.0 Å². The standard InChI is InChI=1S/C25H43NO2/c1-3-5-7-9-12-18-23(19-13-10-8-6-4-2)21-28-25(27)24(26)20-22-16-14-11-15-17-22/h11,14-17,23-24H,3-10,12-13,18-21,26H2,1-2H3/t24-/m0/s1. The highest BCUT2D eigenvalue weighted by molar-refractivity contribution is 5.75. The van der Waals surface area contributed by atoms with Gasteiger partial charge in [-0.2, -0.15) is 0 Å². The lowest BCUT2D eigenvalue weighted by atomic mass is 9.95. The minimum Gasteiger partial charge on any atom is -0.464 e. The van der Waals surface area contributed by atoms with Crippen LogP contribution >= 0.6 is 0 Å². The lowest BCUT2D eigenvalue weighted by Gasteiger charge is -2.19. The van der Waals surface area contributed by atoms with Gasteiger partial charge < -0.3 is 10.5 Å². The number of esters is 1. The molecule has 3 heteroatoms. The molecule has 160 valence electrons. The molecule has 28 heavy (non-hydrogen) atoms. The summed E-state index contributed by atoms with van der Waals surface area (Å²) in [5.41, 5.74) is 7.15. The van der Waals surface area contributed by atoms with Crippen LogP contribution in [0.3, 0.4) is 0 Å². The van der Waals surface area contributed by atoms with Crippen molar-refractivity contribution in [3.05, 3.63) is 35.9 Å². The Labute approximate surface area is 173 Å². The number of rotatable bonds is 17. The highest BCUT2D eigenvalue weighted by Gasteiger charge is 2.18. The molecule has 0 bridgehead atoms. The maximum Gasteiger partial charge on any atom is 0.323 e. The van der Waals surface area contributed by atoms with Gasteiger partial charge in [0.1, 0.15) is 6.04 Å². The van der Waals surface area contributed by atoms with Crippen LogP contribution in [0.2, 0.25) is 0 Å². The molecule has 0 aliphatic heterocycles. The lowest BCUT2D eigenvalue weighted by molar-refractivity contribution is -0.146. The summed E-state index contributed by atoms with van der Waals surface area (Å²) >= 11 is 0. The van der Waals surface area contributed by atoms with E-state index in [1.165, 1.54) is 77.0 Å². The normalized spacial score (nSPS) is 12.3. The fourth-order valence-corrected chi connectivity index (χ4v) is 3.64. The third kappa shape index (κ3) is 12.2. The van der Waals surface area contributed by atoms with Crippen LogP contribution < -0.4 is 5.73 Å². The quantitative estimate of drug-likeness (QED) is 0.246. The van der Waals surface area contributed by atoms with Crippen molar-refractivity contribution >= 4 is 5.97 Å². The highest BCUT2D eigenvalue weighted by Crippen LogP contribution is 2.19. The van der Waals surface area contributed by atoms with Gasteiger partial charge in [0.25, 0.3) is 0 Å². The molecule has 1 rings (SSSR count). The Morgan fingerprint density at radius 2 is 1.39 bits per heavy atom. The van der Waals surface area contributed by atoms with Gasteiger partial charge >= 0.3 is 5.97 Å². The summed E-state index contributed by atoms with van der Waals surface area (Å²) in [5, 5.41) is 0. The Morgan fingerprint density at radius 3 is 1.93 bits per heavy atom. The van der Waals surface area contributed by atoms with Crippen LogP contribution in [0.25, 0.3) is 0 Å². The largest absolute Gasteiger partial charge is 0.464 e. The molecule has 0 saturated heterocycles. The van der Waals surface area contributed by atoms with Crippen molar-refractivity contribution in [2.75, 3.05) is 6.61 Å². The number of hydrogen-bond acceptors (Lipinski definition) is 3. The molecule has 0 aliphatic carbocycles. The topological polar surface area (TPSA) is 52.3 Å². The summed E-state index contributed by atoms with van der Waals surface area (Å²) in [5.74, 6) is 0.224. The molecule has 3 nitrogen and oxygen atoms in total. The van der Waals surface area contributed by atoms with Crippen LogP contribution in [0.5, 0.6) is 0 Å². The van der Waals surface area contributed by atoms with Crippen LogP contribution in [0.1, 0.15) is 96.5 Å². The van der Waals surface area contributed by atoms with Crippen LogP contribution in [-0.4, -0.2) is 18.6 Å². The molecule has 1 aromatic rings. The molecule has 0 spiro atoms. The van der Waals surface area contributed by atoms with Crippen molar-refractivity contribution in [1.82, 2.24) is 0 Å². The van der Waals surface area contributed by atoms with Crippen molar-refractivity contribution < 1.29 is 9.53 Å². The molecule has 0 unspecified atom stereocenters. The number of nitrogens with two attached hydrogens (primary N) is 1. The zero-order valence-electron chi connectivity index (χ0n) is 18.3. The Balaban J connectivity index is 2.36. The van der Waals surface area contributed by atoms with E-state index in [2.05, 4.69) is 13.8 Å². The van der Waals surface area contributed by atoms with E-state index in [1.807, 2.05) is 30.3 Å². The number of benzene rings is 1. The maximum absolute atomic E-state index is 12.3. The number of carbonyl (C=O) groups is 1. The van der Waals surface area contributed by atoms with E-state index in [1.54, 1.807) is 0 Å². The Morgan fingerprint density at radius 1 is 0.857 bits per heavy atom. The van der Waals surface area contributed by atoms with Gasteiger partial charge in [-0.25, -0.2) is 0 Å². The summed E-state index contributed by atoms with van der Waals surface area (Å²) in [4.78, 5) is 12.3. The third-order valence-corrected chi connectivity index (χ3v) is 5.49. The van der Waals surface area contributed by atoms with Crippen LogP contribution in [0.15, 0.2) is 30.3 Å². The molecule has 0 saturated carbocycles. The van der Waals surface area contributed by atoms with E-state index in [0.717, 1.165) is 5.56 Å². The van der Waals surface area contributed by atoms with Gasteiger partial charge in [0.2, 0.25) is 0 Å². The summed E-state index contributed by atoms with van der Waals surface area (Å²) < 4.78 is 5.63. The van der Waals surface area contributed by atoms with Crippen LogP contribution in [0, 0.1) is 5.92 Å². The van der Waals surface area contributed by atoms with Gasteiger partial charge in [-0.15, -0.1) is 0 Å². The summed E-state index contributed by atoms with van der Waals surface area (Å²) in [6.45, 7) is 5.03. The number of ether oxygens (including phenoxy) is 1. The molecule has 1 aromatic carbocycles. The Kier molecular flexibility index (Phi) is 14.6. The van der Waals surface area contributed by atoms with Gasteiger partial charge in [0.05, 0.1) is 6.61 Å².